The number of methoxy groups -OCH3 is 1. The van der Waals surface area contributed by atoms with E-state index in [2.05, 4.69) is 13.0 Å². The molecule has 2 aromatic carbocycles. The molecule has 0 bridgehead atoms. The van der Waals surface area contributed by atoms with E-state index in [9.17, 15) is 18.0 Å². The van der Waals surface area contributed by atoms with Gasteiger partial charge in [-0.2, -0.15) is 13.2 Å². The minimum absolute atomic E-state index is 0.0938. The quantitative estimate of drug-likeness (QED) is 0.173. The van der Waals surface area contributed by atoms with E-state index in [1.54, 1.807) is 20.1 Å². The average molecular weight is 485 g/mol. The zero-order valence-electron chi connectivity index (χ0n) is 21.1. The van der Waals surface area contributed by atoms with Crippen LogP contribution in [0.15, 0.2) is 65.8 Å². The Hall–Kier alpha value is -3.54. The predicted octanol–water partition coefficient (Wildman–Crippen LogP) is 8.02. The maximum absolute atomic E-state index is 12.8. The first-order valence-corrected chi connectivity index (χ1v) is 11.1. The first kappa shape index (κ1) is 27.7. The Morgan fingerprint density at radius 2 is 1.57 bits per heavy atom. The molecule has 0 saturated carbocycles. The van der Waals surface area contributed by atoms with E-state index in [4.69, 9.17) is 9.47 Å². The van der Waals surface area contributed by atoms with Gasteiger partial charge < -0.3 is 9.47 Å². The van der Waals surface area contributed by atoms with Crippen molar-refractivity contribution in [2.24, 2.45) is 0 Å². The summed E-state index contributed by atoms with van der Waals surface area (Å²) in [7, 11) is 1.67. The van der Waals surface area contributed by atoms with Gasteiger partial charge in [-0.1, -0.05) is 36.0 Å². The number of carbonyl (C=O) groups is 1. The zero-order chi connectivity index (χ0) is 26.3. The number of carbonyl (C=O) groups excluding carboxylic acids is 1. The minimum Gasteiger partial charge on any atom is -0.496 e. The third-order valence-corrected chi connectivity index (χ3v) is 5.62. The molecule has 3 nitrogen and oxygen atoms in total. The summed E-state index contributed by atoms with van der Waals surface area (Å²) in [6.07, 6.45) is 6.43. The number of rotatable bonds is 7. The first-order valence-electron chi connectivity index (χ1n) is 11.1. The lowest BCUT2D eigenvalue weighted by atomic mass is 9.96. The lowest BCUT2D eigenvalue weighted by Gasteiger charge is -2.13. The van der Waals surface area contributed by atoms with Crippen LogP contribution in [0.1, 0.15) is 47.2 Å². The predicted molar refractivity (Wildman–Crippen MR) is 135 cm³/mol. The van der Waals surface area contributed by atoms with Gasteiger partial charge in [0.1, 0.15) is 11.5 Å². The van der Waals surface area contributed by atoms with Crippen LogP contribution >= 0.6 is 0 Å². The molecular formula is C29H31F3O3. The number of benzene rings is 2. The molecule has 0 aromatic heterocycles. The number of ether oxygens (including phenoxy) is 2. The summed E-state index contributed by atoms with van der Waals surface area (Å²) < 4.78 is 49.0. The van der Waals surface area contributed by atoms with Gasteiger partial charge in [-0.05, 0) is 99.2 Å². The molecule has 35 heavy (non-hydrogen) atoms. The summed E-state index contributed by atoms with van der Waals surface area (Å²) in [5.41, 5.74) is 5.67. The Kier molecular flexibility index (Phi) is 9.29. The van der Waals surface area contributed by atoms with Crippen molar-refractivity contribution in [1.82, 2.24) is 0 Å². The van der Waals surface area contributed by atoms with Crippen LogP contribution in [0.25, 0.3) is 6.08 Å². The summed E-state index contributed by atoms with van der Waals surface area (Å²) in [5.74, 6) is 0.314. The van der Waals surface area contributed by atoms with E-state index >= 15 is 0 Å². The number of halogens is 3. The smallest absolute Gasteiger partial charge is 0.416 e. The number of aryl methyl sites for hydroxylation is 2. The van der Waals surface area contributed by atoms with Gasteiger partial charge in [0.25, 0.3) is 0 Å². The van der Waals surface area contributed by atoms with Crippen molar-refractivity contribution < 1.29 is 27.4 Å². The molecule has 0 spiro atoms. The lowest BCUT2D eigenvalue weighted by Crippen LogP contribution is -2.08. The van der Waals surface area contributed by atoms with Crippen molar-refractivity contribution in [3.63, 3.8) is 0 Å². The molecule has 0 fully saturated rings. The second kappa shape index (κ2) is 11.7. The second-order valence-electron chi connectivity index (χ2n) is 8.45. The fraction of sp³-hybridized carbons (Fsp3) is 0.276. The highest BCUT2D eigenvalue weighted by Crippen LogP contribution is 2.32. The average Bonchev–Trinajstić information content (AvgIpc) is 2.76. The summed E-state index contributed by atoms with van der Waals surface area (Å²) in [6.45, 7) is 11.3. The number of allylic oxidation sites excluding steroid dienone is 6. The Bertz CT molecular complexity index is 1210. The Labute approximate surface area is 205 Å². The molecule has 2 rings (SSSR count). The summed E-state index contributed by atoms with van der Waals surface area (Å²) in [4.78, 5) is 12.2. The number of hydrogen-bond acceptors (Lipinski definition) is 3. The third kappa shape index (κ3) is 7.74. The molecule has 0 unspecified atom stereocenters. The third-order valence-electron chi connectivity index (χ3n) is 5.62. The normalized spacial score (nSPS) is 13.1. The van der Waals surface area contributed by atoms with Crippen LogP contribution in [0.3, 0.4) is 0 Å². The van der Waals surface area contributed by atoms with Gasteiger partial charge in [-0.15, -0.1) is 0 Å². The number of alkyl halides is 3. The largest absolute Gasteiger partial charge is 0.496 e. The number of hydrogen-bond donors (Lipinski definition) is 0. The number of esters is 1. The molecule has 0 aliphatic carbocycles. The van der Waals surface area contributed by atoms with Crippen molar-refractivity contribution in [2.75, 3.05) is 7.11 Å². The van der Waals surface area contributed by atoms with Gasteiger partial charge in [-0.25, -0.2) is 4.79 Å². The molecule has 0 aliphatic heterocycles. The molecule has 0 heterocycles. The van der Waals surface area contributed by atoms with Gasteiger partial charge in [-0.3, -0.25) is 0 Å². The van der Waals surface area contributed by atoms with Crippen LogP contribution in [0, 0.1) is 27.7 Å². The first-order chi connectivity index (χ1) is 16.3. The summed E-state index contributed by atoms with van der Waals surface area (Å²) >= 11 is 0. The molecule has 186 valence electrons. The Morgan fingerprint density at radius 1 is 0.886 bits per heavy atom. The Morgan fingerprint density at radius 3 is 2.17 bits per heavy atom. The van der Waals surface area contributed by atoms with Gasteiger partial charge in [0, 0.05) is 6.08 Å². The van der Waals surface area contributed by atoms with Crippen molar-refractivity contribution in [3.05, 3.63) is 99.2 Å². The van der Waals surface area contributed by atoms with Gasteiger partial charge in [0.05, 0.1) is 12.7 Å². The summed E-state index contributed by atoms with van der Waals surface area (Å²) in [6, 6.07) is 5.03. The SMILES string of the molecule is COc1cc(C)c(/C=C/C(C)=C/C=C/C(C)=C/C(=O)Oc2ccc(C(F)(F)F)cc2C)c(C)c1C. The Balaban J connectivity index is 2.05. The molecule has 0 aliphatic rings. The van der Waals surface area contributed by atoms with Gasteiger partial charge >= 0.3 is 12.1 Å². The highest BCUT2D eigenvalue weighted by Gasteiger charge is 2.30. The van der Waals surface area contributed by atoms with Crippen LogP contribution in [-0.2, 0) is 11.0 Å². The molecule has 0 saturated heterocycles. The molecule has 0 atom stereocenters. The van der Waals surface area contributed by atoms with Gasteiger partial charge in [0.2, 0.25) is 0 Å². The molecule has 0 amide bonds. The van der Waals surface area contributed by atoms with Crippen molar-refractivity contribution >= 4 is 12.0 Å². The topological polar surface area (TPSA) is 35.5 Å². The van der Waals surface area contributed by atoms with Crippen molar-refractivity contribution in [2.45, 2.75) is 47.7 Å². The van der Waals surface area contributed by atoms with Crippen LogP contribution in [-0.4, -0.2) is 13.1 Å². The highest BCUT2D eigenvalue weighted by molar-refractivity contribution is 5.85. The van der Waals surface area contributed by atoms with E-state index in [-0.39, 0.29) is 11.3 Å². The molecule has 0 radical (unpaired) electrons. The van der Waals surface area contributed by atoms with E-state index in [1.165, 1.54) is 18.6 Å². The molecular weight excluding hydrogens is 453 g/mol. The maximum atomic E-state index is 12.8. The standard InChI is InChI=1S/C29H31F3O3/c1-18(11-13-25-20(3)17-27(34-7)23(6)22(25)5)9-8-10-19(2)15-28(33)35-26-14-12-24(16-21(26)4)29(30,31)32/h8-17H,1-7H3/b10-8+,13-11+,18-9+,19-15+. The van der Waals surface area contributed by atoms with Crippen LogP contribution in [0.5, 0.6) is 11.5 Å². The van der Waals surface area contributed by atoms with Gasteiger partial charge in [0.15, 0.2) is 0 Å². The second-order valence-corrected chi connectivity index (χ2v) is 8.45. The monoisotopic (exact) mass is 484 g/mol. The lowest BCUT2D eigenvalue weighted by molar-refractivity contribution is -0.137. The van der Waals surface area contributed by atoms with E-state index < -0.39 is 17.7 Å². The maximum Gasteiger partial charge on any atom is 0.416 e. The van der Waals surface area contributed by atoms with E-state index in [1.807, 2.05) is 45.1 Å². The highest BCUT2D eigenvalue weighted by atomic mass is 19.4. The van der Waals surface area contributed by atoms with E-state index in [0.717, 1.165) is 46.2 Å². The van der Waals surface area contributed by atoms with E-state index in [0.29, 0.717) is 5.57 Å². The van der Waals surface area contributed by atoms with Crippen molar-refractivity contribution in [3.8, 4) is 11.5 Å². The minimum atomic E-state index is -4.44. The molecule has 0 N–H and O–H groups in total. The zero-order valence-corrected chi connectivity index (χ0v) is 21.1. The molecule has 6 heteroatoms. The summed E-state index contributed by atoms with van der Waals surface area (Å²) in [5, 5.41) is 0. The van der Waals surface area contributed by atoms with Crippen LogP contribution in [0.4, 0.5) is 13.2 Å². The van der Waals surface area contributed by atoms with Crippen LogP contribution < -0.4 is 9.47 Å². The molecule has 2 aromatic rings. The fourth-order valence-corrected chi connectivity index (χ4v) is 3.47. The fourth-order valence-electron chi connectivity index (χ4n) is 3.47. The van der Waals surface area contributed by atoms with Crippen molar-refractivity contribution in [1.29, 1.82) is 0 Å². The van der Waals surface area contributed by atoms with Crippen LogP contribution in [0.2, 0.25) is 0 Å².